The Kier molecular flexibility index (Phi) is 9.10. The van der Waals surface area contributed by atoms with Gasteiger partial charge in [0.25, 0.3) is 0 Å². The summed E-state index contributed by atoms with van der Waals surface area (Å²) in [7, 11) is 1.69. The first-order valence-electron chi connectivity index (χ1n) is 11.4. The van der Waals surface area contributed by atoms with Crippen LogP contribution in [0, 0.1) is 5.41 Å². The van der Waals surface area contributed by atoms with Crippen LogP contribution < -0.4 is 26.1 Å². The summed E-state index contributed by atoms with van der Waals surface area (Å²) in [5, 5.41) is 19.9. The van der Waals surface area contributed by atoms with Gasteiger partial charge in [-0.2, -0.15) is 5.10 Å². The van der Waals surface area contributed by atoms with Gasteiger partial charge in [0.15, 0.2) is 5.84 Å². The van der Waals surface area contributed by atoms with Crippen molar-refractivity contribution >= 4 is 35.8 Å². The number of nitrogens with zero attached hydrogens (tertiary/aromatic N) is 4. The van der Waals surface area contributed by atoms with Crippen molar-refractivity contribution in [3.05, 3.63) is 84.2 Å². The third-order valence-electron chi connectivity index (χ3n) is 5.08. The predicted octanol–water partition coefficient (Wildman–Crippen LogP) is 3.54. The molecule has 1 unspecified atom stereocenters. The Morgan fingerprint density at radius 1 is 1.25 bits per heavy atom. The van der Waals surface area contributed by atoms with Gasteiger partial charge in [-0.25, -0.2) is 15.0 Å². The van der Waals surface area contributed by atoms with Crippen LogP contribution in [0.2, 0.25) is 0 Å². The summed E-state index contributed by atoms with van der Waals surface area (Å²) in [6, 6.07) is 13.9. The van der Waals surface area contributed by atoms with Crippen LogP contribution in [0.5, 0.6) is 5.75 Å². The Morgan fingerprint density at radius 3 is 2.58 bits per heavy atom. The molecule has 10 nitrogen and oxygen atoms in total. The van der Waals surface area contributed by atoms with Crippen molar-refractivity contribution in [1.29, 1.82) is 5.41 Å². The minimum Gasteiger partial charge on any atom is -0.494 e. The van der Waals surface area contributed by atoms with Crippen molar-refractivity contribution in [2.24, 2.45) is 10.8 Å². The molecule has 0 aliphatic heterocycles. The molecule has 10 heteroatoms. The number of benzene rings is 2. The third-order valence-corrected chi connectivity index (χ3v) is 5.08. The second kappa shape index (κ2) is 12.7. The second-order valence-electron chi connectivity index (χ2n) is 7.78. The van der Waals surface area contributed by atoms with E-state index in [1.807, 2.05) is 25.1 Å². The lowest BCUT2D eigenvalue weighted by Crippen LogP contribution is -2.35. The van der Waals surface area contributed by atoms with E-state index in [2.05, 4.69) is 32.3 Å². The molecule has 0 bridgehead atoms. The van der Waals surface area contributed by atoms with E-state index in [1.54, 1.807) is 55.8 Å². The first-order valence-corrected chi connectivity index (χ1v) is 11.4. The molecule has 1 aromatic heterocycles. The van der Waals surface area contributed by atoms with Crippen LogP contribution in [-0.4, -0.2) is 41.7 Å². The Labute approximate surface area is 210 Å². The van der Waals surface area contributed by atoms with Crippen LogP contribution in [0.3, 0.4) is 0 Å². The Balaban J connectivity index is 2.09. The first-order chi connectivity index (χ1) is 17.4. The number of anilines is 2. The number of carbonyl (C=O) groups excluding carboxylic acids is 1. The molecule has 1 atom stereocenters. The highest BCUT2D eigenvalue weighted by molar-refractivity contribution is 5.98. The Morgan fingerprint density at radius 2 is 1.97 bits per heavy atom. The van der Waals surface area contributed by atoms with Crippen LogP contribution >= 0.6 is 0 Å². The molecule has 2 aromatic carbocycles. The van der Waals surface area contributed by atoms with E-state index in [4.69, 9.17) is 15.9 Å². The average molecular weight is 487 g/mol. The number of ether oxygens (including phenoxy) is 1. The maximum absolute atomic E-state index is 11.6. The van der Waals surface area contributed by atoms with Gasteiger partial charge in [-0.15, -0.1) is 0 Å². The van der Waals surface area contributed by atoms with E-state index in [9.17, 15) is 4.79 Å². The molecule has 0 spiro atoms. The monoisotopic (exact) mass is 486 g/mol. The van der Waals surface area contributed by atoms with E-state index in [0.29, 0.717) is 36.1 Å². The summed E-state index contributed by atoms with van der Waals surface area (Å²) in [6.07, 6.45) is 6.38. The van der Waals surface area contributed by atoms with Crippen molar-refractivity contribution in [1.82, 2.24) is 15.3 Å². The fraction of sp³-hybridized carbons (Fsp3) is 0.192. The lowest BCUT2D eigenvalue weighted by molar-refractivity contribution is -0.108. The molecule has 3 aromatic rings. The van der Waals surface area contributed by atoms with Crippen LogP contribution in [0.4, 0.5) is 11.6 Å². The maximum Gasteiger partial charge on any atom is 0.245 e. The van der Waals surface area contributed by atoms with Crippen molar-refractivity contribution in [3.63, 3.8) is 0 Å². The second-order valence-corrected chi connectivity index (χ2v) is 7.78. The van der Waals surface area contributed by atoms with Gasteiger partial charge >= 0.3 is 0 Å². The van der Waals surface area contributed by atoms with Gasteiger partial charge in [-0.3, -0.25) is 10.2 Å². The molecule has 0 aliphatic rings. The summed E-state index contributed by atoms with van der Waals surface area (Å²) in [5.41, 5.74) is 8.55. The molecular weight excluding hydrogens is 456 g/mol. The van der Waals surface area contributed by atoms with Gasteiger partial charge in [-0.1, -0.05) is 19.6 Å². The van der Waals surface area contributed by atoms with Crippen molar-refractivity contribution in [3.8, 4) is 5.75 Å². The van der Waals surface area contributed by atoms with Gasteiger partial charge in [-0.05, 0) is 66.1 Å². The quantitative estimate of drug-likeness (QED) is 0.133. The summed E-state index contributed by atoms with van der Waals surface area (Å²) < 4.78 is 5.90. The van der Waals surface area contributed by atoms with Crippen molar-refractivity contribution in [2.45, 2.75) is 19.4 Å². The summed E-state index contributed by atoms with van der Waals surface area (Å²) in [5.74, 6) is 1.31. The Hall–Kier alpha value is -4.73. The van der Waals surface area contributed by atoms with Crippen LogP contribution in [-0.2, 0) is 4.79 Å². The topological polar surface area (TPSA) is 142 Å². The largest absolute Gasteiger partial charge is 0.494 e. The molecule has 0 radical (unpaired) electrons. The average Bonchev–Trinajstić information content (AvgIpc) is 2.90. The highest BCUT2D eigenvalue weighted by Crippen LogP contribution is 2.27. The van der Waals surface area contributed by atoms with E-state index in [0.717, 1.165) is 23.2 Å². The lowest BCUT2D eigenvalue weighted by atomic mass is 10.0. The molecule has 1 amide bonds. The van der Waals surface area contributed by atoms with Gasteiger partial charge in [0.1, 0.15) is 17.6 Å². The van der Waals surface area contributed by atoms with Gasteiger partial charge in [0.05, 0.1) is 6.61 Å². The number of nitrogens with two attached hydrogens (primary N) is 1. The van der Waals surface area contributed by atoms with E-state index in [1.165, 1.54) is 5.01 Å². The standard InChI is InChI=1S/C26H30N8O2/c1-4-13-36-22-15-18(5-2)14-20(16-22)23(32-21-9-7-19(8-10-21)24(27)28)25(31-17-35)33-34(3)26-29-11-6-12-30-26/h5-12,14-17,23,32H,2,4,13H2,1,3H3,(H3,27,28)(H,31,33,35). The number of hydrogen-bond acceptors (Lipinski definition) is 8. The zero-order valence-corrected chi connectivity index (χ0v) is 20.3. The van der Waals surface area contributed by atoms with Gasteiger partial charge < -0.3 is 21.1 Å². The molecule has 186 valence electrons. The molecular formula is C26H30N8O2. The number of nitrogens with one attached hydrogen (secondary N) is 3. The highest BCUT2D eigenvalue weighted by Gasteiger charge is 2.22. The summed E-state index contributed by atoms with van der Waals surface area (Å²) in [4.78, 5) is 20.1. The number of carbonyl (C=O) groups is 1. The zero-order chi connectivity index (χ0) is 25.9. The first kappa shape index (κ1) is 25.9. The van der Waals surface area contributed by atoms with E-state index in [-0.39, 0.29) is 5.84 Å². The summed E-state index contributed by atoms with van der Waals surface area (Å²) >= 11 is 0. The number of amides is 1. The minimum atomic E-state index is -0.603. The molecule has 0 aliphatic carbocycles. The van der Waals surface area contributed by atoms with Crippen LogP contribution in [0.1, 0.15) is 36.1 Å². The van der Waals surface area contributed by atoms with Crippen LogP contribution in [0.25, 0.3) is 6.08 Å². The van der Waals surface area contributed by atoms with Gasteiger partial charge in [0, 0.05) is 30.7 Å². The highest BCUT2D eigenvalue weighted by atomic mass is 16.5. The SMILES string of the molecule is C=Cc1cc(OCCC)cc(C(Nc2ccc(C(=N)N)cc2)/C(=N/N(C)c2ncccn2)NC=O)c1. The molecule has 0 saturated carbocycles. The molecule has 0 fully saturated rings. The smallest absolute Gasteiger partial charge is 0.245 e. The molecule has 3 rings (SSSR count). The van der Waals surface area contributed by atoms with E-state index < -0.39 is 6.04 Å². The van der Waals surface area contributed by atoms with Crippen molar-refractivity contribution < 1.29 is 9.53 Å². The molecule has 0 saturated heterocycles. The minimum absolute atomic E-state index is 0.0242. The Bertz CT molecular complexity index is 1210. The molecule has 36 heavy (non-hydrogen) atoms. The normalized spacial score (nSPS) is 11.8. The van der Waals surface area contributed by atoms with E-state index >= 15 is 0 Å². The number of hydrazone groups is 1. The number of nitrogen functional groups attached to an aromatic ring is 1. The molecule has 1 heterocycles. The number of rotatable bonds is 12. The fourth-order valence-corrected chi connectivity index (χ4v) is 3.35. The number of aromatic nitrogens is 2. The predicted molar refractivity (Wildman–Crippen MR) is 143 cm³/mol. The molecule has 5 N–H and O–H groups in total. The summed E-state index contributed by atoms with van der Waals surface area (Å²) in [6.45, 7) is 6.49. The fourth-order valence-electron chi connectivity index (χ4n) is 3.35. The van der Waals surface area contributed by atoms with Crippen LogP contribution in [0.15, 0.2) is 72.6 Å². The zero-order valence-electron chi connectivity index (χ0n) is 20.3. The maximum atomic E-state index is 11.6. The van der Waals surface area contributed by atoms with Crippen molar-refractivity contribution in [2.75, 3.05) is 24.0 Å². The lowest BCUT2D eigenvalue weighted by Gasteiger charge is -2.24. The van der Waals surface area contributed by atoms with Gasteiger partial charge in [0.2, 0.25) is 12.4 Å². The number of hydrogen-bond donors (Lipinski definition) is 4. The number of amidine groups is 2. The third kappa shape index (κ3) is 6.89.